The van der Waals surface area contributed by atoms with E-state index in [1.165, 1.54) is 0 Å². The highest BCUT2D eigenvalue weighted by atomic mass is 79.9. The molecule has 1 saturated carbocycles. The van der Waals surface area contributed by atoms with Gasteiger partial charge in [0.1, 0.15) is 5.82 Å². The molecular formula is C17H24BrFO. The molecule has 0 spiro atoms. The van der Waals surface area contributed by atoms with Gasteiger partial charge in [-0.05, 0) is 64.9 Å². The molecule has 1 aliphatic carbocycles. The molecule has 0 amide bonds. The lowest BCUT2D eigenvalue weighted by atomic mass is 9.68. The molecule has 112 valence electrons. The fraction of sp³-hybridized carbons (Fsp3) is 0.647. The molecule has 20 heavy (non-hydrogen) atoms. The van der Waals surface area contributed by atoms with Crippen LogP contribution in [0, 0.1) is 23.1 Å². The van der Waals surface area contributed by atoms with Gasteiger partial charge in [0.25, 0.3) is 0 Å². The summed E-state index contributed by atoms with van der Waals surface area (Å²) in [4.78, 5) is 0. The van der Waals surface area contributed by atoms with E-state index in [0.717, 1.165) is 25.7 Å². The summed E-state index contributed by atoms with van der Waals surface area (Å²) in [7, 11) is 0. The quantitative estimate of drug-likeness (QED) is 0.754. The van der Waals surface area contributed by atoms with Crippen molar-refractivity contribution < 1.29 is 9.50 Å². The maximum Gasteiger partial charge on any atom is 0.143 e. The number of aliphatic hydroxyl groups is 1. The molecule has 0 aliphatic heterocycles. The van der Waals surface area contributed by atoms with Crippen LogP contribution in [0.3, 0.4) is 0 Å². The van der Waals surface area contributed by atoms with Gasteiger partial charge in [-0.1, -0.05) is 32.9 Å². The van der Waals surface area contributed by atoms with Crippen LogP contribution in [-0.2, 0) is 0 Å². The van der Waals surface area contributed by atoms with Crippen LogP contribution in [0.25, 0.3) is 0 Å². The van der Waals surface area contributed by atoms with Crippen molar-refractivity contribution >= 4 is 15.9 Å². The molecule has 1 unspecified atom stereocenters. The molecule has 1 N–H and O–H groups in total. The zero-order valence-electron chi connectivity index (χ0n) is 12.5. The Labute approximate surface area is 129 Å². The Balaban J connectivity index is 2.05. The molecule has 0 bridgehead atoms. The third-order valence-electron chi connectivity index (χ3n) is 4.74. The van der Waals surface area contributed by atoms with E-state index < -0.39 is 6.10 Å². The maximum absolute atomic E-state index is 14.1. The second-order valence-corrected chi connectivity index (χ2v) is 7.92. The lowest BCUT2D eigenvalue weighted by molar-refractivity contribution is 0.0506. The topological polar surface area (TPSA) is 20.2 Å². The van der Waals surface area contributed by atoms with E-state index in [1.54, 1.807) is 18.2 Å². The van der Waals surface area contributed by atoms with Crippen LogP contribution in [0.2, 0.25) is 0 Å². The molecule has 1 fully saturated rings. The van der Waals surface area contributed by atoms with E-state index >= 15 is 0 Å². The number of aliphatic hydroxyl groups excluding tert-OH is 1. The van der Waals surface area contributed by atoms with Crippen LogP contribution in [0.4, 0.5) is 4.39 Å². The van der Waals surface area contributed by atoms with Gasteiger partial charge >= 0.3 is 0 Å². The van der Waals surface area contributed by atoms with Crippen LogP contribution < -0.4 is 0 Å². The lowest BCUT2D eigenvalue weighted by Crippen LogP contribution is -2.28. The van der Waals surface area contributed by atoms with Gasteiger partial charge in [-0.3, -0.25) is 0 Å². The summed E-state index contributed by atoms with van der Waals surface area (Å²) in [6.07, 6.45) is 3.53. The minimum absolute atomic E-state index is 0.178. The van der Waals surface area contributed by atoms with E-state index in [-0.39, 0.29) is 11.7 Å². The summed E-state index contributed by atoms with van der Waals surface area (Å²) in [6, 6.07) is 5.15. The fourth-order valence-corrected chi connectivity index (χ4v) is 3.69. The molecule has 1 aromatic carbocycles. The minimum atomic E-state index is -0.687. The fourth-order valence-electron chi connectivity index (χ4n) is 3.30. The van der Waals surface area contributed by atoms with Crippen molar-refractivity contribution in [3.05, 3.63) is 34.1 Å². The van der Waals surface area contributed by atoms with Gasteiger partial charge in [0, 0.05) is 5.56 Å². The molecule has 0 radical (unpaired) electrons. The third-order valence-corrected chi connectivity index (χ3v) is 5.36. The van der Waals surface area contributed by atoms with Crippen LogP contribution in [0.1, 0.15) is 58.1 Å². The molecule has 0 aromatic heterocycles. The molecule has 3 heteroatoms. The van der Waals surface area contributed by atoms with Crippen LogP contribution in [0.5, 0.6) is 0 Å². The highest BCUT2D eigenvalue weighted by Crippen LogP contribution is 2.44. The van der Waals surface area contributed by atoms with Gasteiger partial charge in [0.15, 0.2) is 0 Å². The number of rotatable bonds is 2. The van der Waals surface area contributed by atoms with Gasteiger partial charge in [-0.15, -0.1) is 0 Å². The van der Waals surface area contributed by atoms with Crippen molar-refractivity contribution in [2.75, 3.05) is 0 Å². The Kier molecular flexibility index (Phi) is 4.91. The second kappa shape index (κ2) is 6.15. The molecule has 1 nitrogen and oxygen atoms in total. The average Bonchev–Trinajstić information content (AvgIpc) is 2.40. The minimum Gasteiger partial charge on any atom is -0.388 e. The molecule has 1 atom stereocenters. The maximum atomic E-state index is 14.1. The highest BCUT2D eigenvalue weighted by Gasteiger charge is 2.33. The largest absolute Gasteiger partial charge is 0.388 e. The Morgan fingerprint density at radius 1 is 1.20 bits per heavy atom. The van der Waals surface area contributed by atoms with E-state index in [4.69, 9.17) is 0 Å². The van der Waals surface area contributed by atoms with Gasteiger partial charge in [0.2, 0.25) is 0 Å². The number of hydrogen-bond donors (Lipinski definition) is 1. The molecule has 2 rings (SSSR count). The van der Waals surface area contributed by atoms with Crippen molar-refractivity contribution in [1.29, 1.82) is 0 Å². The molecule has 1 aromatic rings. The first kappa shape index (κ1) is 16.0. The average molecular weight is 343 g/mol. The van der Waals surface area contributed by atoms with Crippen molar-refractivity contribution in [3.63, 3.8) is 0 Å². The number of hydrogen-bond acceptors (Lipinski definition) is 1. The third kappa shape index (κ3) is 3.43. The van der Waals surface area contributed by atoms with Gasteiger partial charge < -0.3 is 5.11 Å². The van der Waals surface area contributed by atoms with Crippen LogP contribution in [0.15, 0.2) is 22.7 Å². The van der Waals surface area contributed by atoms with Crippen molar-refractivity contribution in [3.8, 4) is 0 Å². The predicted molar refractivity (Wildman–Crippen MR) is 84.0 cm³/mol. The Bertz CT molecular complexity index is 459. The lowest BCUT2D eigenvalue weighted by Gasteiger charge is -2.38. The molecule has 0 saturated heterocycles. The molecule has 0 heterocycles. The summed E-state index contributed by atoms with van der Waals surface area (Å²) < 4.78 is 14.5. The van der Waals surface area contributed by atoms with E-state index in [9.17, 15) is 9.50 Å². The first-order valence-electron chi connectivity index (χ1n) is 7.42. The number of benzene rings is 1. The van der Waals surface area contributed by atoms with Gasteiger partial charge in [0.05, 0.1) is 10.6 Å². The summed E-state index contributed by atoms with van der Waals surface area (Å²) in [5, 5.41) is 10.5. The standard InChI is InChI=1S/C17H24BrFO/c1-17(2,3)12-9-7-11(8-10-12)16(20)13-5-4-6-14(18)15(13)19/h4-6,11-12,16,20H,7-10H2,1-3H3. The zero-order valence-corrected chi connectivity index (χ0v) is 14.1. The summed E-state index contributed by atoms with van der Waals surface area (Å²) >= 11 is 3.19. The Hall–Kier alpha value is -0.410. The predicted octanol–water partition coefficient (Wildman–Crippen LogP) is 5.47. The normalized spacial score (nSPS) is 25.5. The summed E-state index contributed by atoms with van der Waals surface area (Å²) in [5.74, 6) is 0.564. The van der Waals surface area contributed by atoms with Gasteiger partial charge in [-0.25, -0.2) is 4.39 Å². The smallest absolute Gasteiger partial charge is 0.143 e. The van der Waals surface area contributed by atoms with E-state index in [0.29, 0.717) is 21.4 Å². The summed E-state index contributed by atoms with van der Waals surface area (Å²) in [5.41, 5.74) is 0.760. The first-order valence-corrected chi connectivity index (χ1v) is 8.22. The highest BCUT2D eigenvalue weighted by molar-refractivity contribution is 9.10. The van der Waals surface area contributed by atoms with Crippen molar-refractivity contribution in [2.45, 2.75) is 52.6 Å². The summed E-state index contributed by atoms with van der Waals surface area (Å²) in [6.45, 7) is 6.84. The molecule has 1 aliphatic rings. The molecular weight excluding hydrogens is 319 g/mol. The Morgan fingerprint density at radius 3 is 2.35 bits per heavy atom. The van der Waals surface area contributed by atoms with Crippen molar-refractivity contribution in [1.82, 2.24) is 0 Å². The van der Waals surface area contributed by atoms with E-state index in [2.05, 4.69) is 36.7 Å². The zero-order chi connectivity index (χ0) is 14.9. The SMILES string of the molecule is CC(C)(C)C1CCC(C(O)c2cccc(Br)c2F)CC1. The number of halogens is 2. The van der Waals surface area contributed by atoms with Gasteiger partial charge in [-0.2, -0.15) is 0 Å². The van der Waals surface area contributed by atoms with Crippen molar-refractivity contribution in [2.24, 2.45) is 17.3 Å². The monoisotopic (exact) mass is 342 g/mol. The first-order chi connectivity index (χ1) is 9.30. The van der Waals surface area contributed by atoms with E-state index in [1.807, 2.05) is 0 Å². The Morgan fingerprint density at radius 2 is 1.80 bits per heavy atom. The van der Waals surface area contributed by atoms with Crippen LogP contribution in [-0.4, -0.2) is 5.11 Å². The van der Waals surface area contributed by atoms with Crippen LogP contribution >= 0.6 is 15.9 Å². The second-order valence-electron chi connectivity index (χ2n) is 7.07.